The Balaban J connectivity index is 1.46. The summed E-state index contributed by atoms with van der Waals surface area (Å²) >= 11 is 0. The van der Waals surface area contributed by atoms with Crippen LogP contribution in [0.5, 0.6) is 0 Å². The maximum atomic E-state index is 13.6. The van der Waals surface area contributed by atoms with Crippen molar-refractivity contribution < 1.29 is 18.3 Å². The summed E-state index contributed by atoms with van der Waals surface area (Å²) in [4.78, 5) is 2.16. The Kier molecular flexibility index (Phi) is 6.73. The SMILES string of the molecule is COCn1cc(N(C2CCN(C)CC2)S(=O)(=O)/N=C(\[O-])Nc2c3c(cc4c2CCC4)CCC3)cn1. The minimum atomic E-state index is -4.31. The zero-order chi connectivity index (χ0) is 24.6. The molecule has 2 aliphatic carbocycles. The molecule has 1 aliphatic heterocycles. The second-order valence-corrected chi connectivity index (χ2v) is 11.2. The van der Waals surface area contributed by atoms with Crippen molar-refractivity contribution in [1.82, 2.24) is 14.7 Å². The maximum absolute atomic E-state index is 13.6. The van der Waals surface area contributed by atoms with Gasteiger partial charge in [-0.2, -0.15) is 13.5 Å². The van der Waals surface area contributed by atoms with Gasteiger partial charge in [0.1, 0.15) is 6.73 Å². The maximum Gasteiger partial charge on any atom is 0.345 e. The van der Waals surface area contributed by atoms with Gasteiger partial charge in [0.25, 0.3) is 0 Å². The summed E-state index contributed by atoms with van der Waals surface area (Å²) in [5.74, 6) is 0. The van der Waals surface area contributed by atoms with Gasteiger partial charge in [-0.1, -0.05) is 6.07 Å². The molecule has 10 nitrogen and oxygen atoms in total. The van der Waals surface area contributed by atoms with E-state index < -0.39 is 16.2 Å². The van der Waals surface area contributed by atoms with E-state index in [9.17, 15) is 13.5 Å². The van der Waals surface area contributed by atoms with Crippen molar-refractivity contribution in [3.8, 4) is 0 Å². The molecule has 0 amide bonds. The van der Waals surface area contributed by atoms with Gasteiger partial charge < -0.3 is 20.1 Å². The van der Waals surface area contributed by atoms with E-state index in [-0.39, 0.29) is 12.8 Å². The highest BCUT2D eigenvalue weighted by atomic mass is 32.2. The van der Waals surface area contributed by atoms with Crippen molar-refractivity contribution in [2.24, 2.45) is 4.40 Å². The lowest BCUT2D eigenvalue weighted by molar-refractivity contribution is -0.213. The van der Waals surface area contributed by atoms with Crippen molar-refractivity contribution in [3.05, 3.63) is 40.7 Å². The molecule has 1 aromatic carbocycles. The predicted molar refractivity (Wildman–Crippen MR) is 133 cm³/mol. The molecule has 0 atom stereocenters. The lowest BCUT2D eigenvalue weighted by Gasteiger charge is -2.36. The van der Waals surface area contributed by atoms with Crippen LogP contribution in [0.15, 0.2) is 22.9 Å². The van der Waals surface area contributed by atoms with Crippen LogP contribution in [0.3, 0.4) is 0 Å². The number of anilines is 2. The number of rotatable bonds is 7. The Morgan fingerprint density at radius 1 is 1.20 bits per heavy atom. The van der Waals surface area contributed by atoms with E-state index in [1.54, 1.807) is 13.3 Å². The van der Waals surface area contributed by atoms with E-state index in [1.165, 1.54) is 26.3 Å². The van der Waals surface area contributed by atoms with Crippen molar-refractivity contribution in [3.63, 3.8) is 0 Å². The van der Waals surface area contributed by atoms with Gasteiger partial charge in [-0.3, -0.25) is 0 Å². The molecule has 1 N–H and O–H groups in total. The zero-order valence-electron chi connectivity index (χ0n) is 20.4. The summed E-state index contributed by atoms with van der Waals surface area (Å²) in [6, 6.07) is 1.12. The summed E-state index contributed by atoms with van der Waals surface area (Å²) in [5.41, 5.74) is 5.98. The number of hydrogen-bond donors (Lipinski definition) is 1. The number of fused-ring (bicyclic) bond motifs is 2. The molecule has 1 aromatic heterocycles. The van der Waals surface area contributed by atoms with Crippen LogP contribution in [-0.2, 0) is 47.4 Å². The largest absolute Gasteiger partial charge is 0.845 e. The van der Waals surface area contributed by atoms with E-state index in [0.717, 1.165) is 68.4 Å². The molecule has 5 rings (SSSR count). The number of benzene rings is 1. The Morgan fingerprint density at radius 2 is 1.86 bits per heavy atom. The monoisotopic (exact) mass is 501 g/mol. The molecule has 0 spiro atoms. The number of aromatic nitrogens is 2. The van der Waals surface area contributed by atoms with Gasteiger partial charge in [0, 0.05) is 18.8 Å². The highest BCUT2D eigenvalue weighted by molar-refractivity contribution is 7.91. The van der Waals surface area contributed by atoms with Crippen LogP contribution in [0.25, 0.3) is 0 Å². The Hall–Kier alpha value is -2.63. The number of aryl methyl sites for hydroxylation is 2. The third-order valence-electron chi connectivity index (χ3n) is 7.31. The first kappa shape index (κ1) is 24.1. The third-order valence-corrected chi connectivity index (χ3v) is 8.71. The lowest BCUT2D eigenvalue weighted by Crippen LogP contribution is -2.47. The molecule has 0 unspecified atom stereocenters. The van der Waals surface area contributed by atoms with E-state index in [2.05, 4.69) is 25.8 Å². The number of nitrogens with zero attached hydrogens (tertiary/aromatic N) is 5. The smallest absolute Gasteiger partial charge is 0.345 e. The Morgan fingerprint density at radius 3 is 2.49 bits per heavy atom. The highest BCUT2D eigenvalue weighted by Gasteiger charge is 2.33. The summed E-state index contributed by atoms with van der Waals surface area (Å²) in [6.07, 6.45) is 10.3. The molecular weight excluding hydrogens is 468 g/mol. The molecule has 11 heteroatoms. The van der Waals surface area contributed by atoms with Crippen molar-refractivity contribution in [2.45, 2.75) is 64.1 Å². The van der Waals surface area contributed by atoms with Gasteiger partial charge in [0.2, 0.25) is 0 Å². The van der Waals surface area contributed by atoms with E-state index in [0.29, 0.717) is 18.5 Å². The molecule has 35 heavy (non-hydrogen) atoms. The molecule has 190 valence electrons. The number of ether oxygens (including phenoxy) is 1. The average Bonchev–Trinajstić information content (AvgIpc) is 3.56. The first-order valence-electron chi connectivity index (χ1n) is 12.3. The molecule has 2 aromatic rings. The summed E-state index contributed by atoms with van der Waals surface area (Å²) in [6.45, 7) is 1.72. The molecule has 2 heterocycles. The van der Waals surface area contributed by atoms with Crippen molar-refractivity contribution in [1.29, 1.82) is 0 Å². The zero-order valence-corrected chi connectivity index (χ0v) is 21.2. The fourth-order valence-corrected chi connectivity index (χ4v) is 6.97. The second kappa shape index (κ2) is 9.79. The molecular formula is C24H33N6O4S-. The van der Waals surface area contributed by atoms with Crippen molar-refractivity contribution in [2.75, 3.05) is 36.9 Å². The van der Waals surface area contributed by atoms with Gasteiger partial charge in [-0.05, 0) is 93.8 Å². The molecule has 1 saturated heterocycles. The number of hydrogen-bond acceptors (Lipinski definition) is 6. The van der Waals surface area contributed by atoms with Crippen LogP contribution in [0.2, 0.25) is 0 Å². The standard InChI is InChI=1S/C24H34N6O4S/c1-28-11-9-19(10-12-28)30(20-14-25-29(15-20)16-34-2)35(32,33)27-24(31)26-23-21-7-3-5-17(21)13-18-6-4-8-22(18)23/h13-15,19H,3-12,16H2,1-2H3,(H2,26,27,31)/p-1. The number of piperidine rings is 1. The average molecular weight is 502 g/mol. The quantitative estimate of drug-likeness (QED) is 0.451. The van der Waals surface area contributed by atoms with Crippen LogP contribution in [0.1, 0.15) is 47.9 Å². The first-order chi connectivity index (χ1) is 16.9. The van der Waals surface area contributed by atoms with Crippen LogP contribution in [0.4, 0.5) is 11.4 Å². The van der Waals surface area contributed by atoms with Crippen molar-refractivity contribution >= 4 is 27.6 Å². The number of likely N-dealkylation sites (tertiary alicyclic amines) is 1. The molecule has 0 bridgehead atoms. The fourth-order valence-electron chi connectivity index (χ4n) is 5.68. The molecule has 1 fully saturated rings. The van der Waals surface area contributed by atoms with Crippen LogP contribution in [0, 0.1) is 0 Å². The summed E-state index contributed by atoms with van der Waals surface area (Å²) in [7, 11) is -0.749. The molecule has 0 saturated carbocycles. The number of amidine groups is 1. The fraction of sp³-hybridized carbons (Fsp3) is 0.583. The second-order valence-electron chi connectivity index (χ2n) is 9.72. The number of methoxy groups -OCH3 is 1. The summed E-state index contributed by atoms with van der Waals surface area (Å²) in [5, 5.41) is 20.2. The molecule has 3 aliphatic rings. The van der Waals surface area contributed by atoms with Crippen LogP contribution in [-0.4, -0.2) is 62.4 Å². The van der Waals surface area contributed by atoms with Gasteiger partial charge in [-0.25, -0.2) is 8.99 Å². The highest BCUT2D eigenvalue weighted by Crippen LogP contribution is 2.38. The van der Waals surface area contributed by atoms with Gasteiger partial charge in [-0.15, -0.1) is 4.40 Å². The predicted octanol–water partition coefficient (Wildman–Crippen LogP) is 1.44. The summed E-state index contributed by atoms with van der Waals surface area (Å²) < 4.78 is 38.8. The van der Waals surface area contributed by atoms with Crippen LogP contribution < -0.4 is 14.7 Å². The lowest BCUT2D eigenvalue weighted by atomic mass is 9.99. The van der Waals surface area contributed by atoms with E-state index in [4.69, 9.17) is 4.74 Å². The Labute approximate surface area is 206 Å². The topological polar surface area (TPSA) is 115 Å². The normalized spacial score (nSPS) is 19.1. The molecule has 0 radical (unpaired) electrons. The number of nitrogens with one attached hydrogen (secondary N) is 1. The minimum absolute atomic E-state index is 0.198. The van der Waals surface area contributed by atoms with Crippen LogP contribution >= 0.6 is 0 Å². The Bertz CT molecular complexity index is 1180. The van der Waals surface area contributed by atoms with Gasteiger partial charge >= 0.3 is 10.2 Å². The van der Waals surface area contributed by atoms with E-state index in [1.807, 2.05) is 7.05 Å². The first-order valence-corrected chi connectivity index (χ1v) is 13.7. The van der Waals surface area contributed by atoms with E-state index >= 15 is 0 Å². The minimum Gasteiger partial charge on any atom is -0.845 e. The van der Waals surface area contributed by atoms with Gasteiger partial charge in [0.05, 0.1) is 24.1 Å². The third kappa shape index (κ3) is 4.89. The van der Waals surface area contributed by atoms with Gasteiger partial charge in [0.15, 0.2) is 0 Å².